The van der Waals surface area contributed by atoms with Crippen molar-refractivity contribution in [3.05, 3.63) is 107 Å². The topological polar surface area (TPSA) is 124 Å². The largest absolute Gasteiger partial charge is 0.497 e. The van der Waals surface area contributed by atoms with Crippen LogP contribution in [0, 0.1) is 0 Å². The number of rotatable bonds is 18. The Morgan fingerprint density at radius 2 is 1.45 bits per heavy atom. The molecule has 0 aromatic heterocycles. The van der Waals surface area contributed by atoms with E-state index >= 15 is 0 Å². The van der Waals surface area contributed by atoms with E-state index in [2.05, 4.69) is 21.2 Å². The molecule has 0 aliphatic carbocycles. The third kappa shape index (κ3) is 9.95. The van der Waals surface area contributed by atoms with Crippen molar-refractivity contribution in [2.24, 2.45) is 0 Å². The van der Waals surface area contributed by atoms with Gasteiger partial charge < -0.3 is 29.2 Å². The second-order valence-corrected chi connectivity index (χ2v) is 14.3. The third-order valence-electron chi connectivity index (χ3n) is 8.24. The lowest BCUT2D eigenvalue weighted by molar-refractivity contribution is -0.140. The molecule has 11 nitrogen and oxygen atoms in total. The van der Waals surface area contributed by atoms with Gasteiger partial charge in [0, 0.05) is 36.1 Å². The van der Waals surface area contributed by atoms with E-state index in [1.807, 2.05) is 61.5 Å². The molecular formula is C38H44BrN3O8S. The Hall–Kier alpha value is -4.75. The van der Waals surface area contributed by atoms with Crippen LogP contribution in [0.5, 0.6) is 23.0 Å². The molecule has 0 saturated heterocycles. The first-order chi connectivity index (χ1) is 24.6. The molecule has 4 aromatic carbocycles. The molecule has 0 unspecified atom stereocenters. The van der Waals surface area contributed by atoms with Crippen molar-refractivity contribution in [3.8, 4) is 23.0 Å². The fraction of sp³-hybridized carbons (Fsp3) is 0.316. The molecule has 0 saturated carbocycles. The predicted octanol–water partition coefficient (Wildman–Crippen LogP) is 6.24. The van der Waals surface area contributed by atoms with Gasteiger partial charge in [-0.1, -0.05) is 71.7 Å². The van der Waals surface area contributed by atoms with E-state index in [1.54, 1.807) is 12.1 Å². The Balaban J connectivity index is 1.88. The van der Waals surface area contributed by atoms with Crippen LogP contribution < -0.4 is 28.6 Å². The molecule has 0 fully saturated rings. The number of nitrogens with one attached hydrogen (secondary N) is 1. The highest BCUT2D eigenvalue weighted by molar-refractivity contribution is 9.10. The quantitative estimate of drug-likeness (QED) is 0.118. The first-order valence-electron chi connectivity index (χ1n) is 16.4. The number of anilines is 1. The van der Waals surface area contributed by atoms with Crippen molar-refractivity contribution < 1.29 is 37.0 Å². The fourth-order valence-corrected chi connectivity index (χ4v) is 7.15. The number of benzene rings is 4. The molecule has 1 atom stereocenters. The Labute approximate surface area is 308 Å². The lowest BCUT2D eigenvalue weighted by Crippen LogP contribution is -2.53. The smallest absolute Gasteiger partial charge is 0.265 e. The predicted molar refractivity (Wildman–Crippen MR) is 200 cm³/mol. The fourth-order valence-electron chi connectivity index (χ4n) is 5.46. The van der Waals surface area contributed by atoms with Gasteiger partial charge in [-0.05, 0) is 53.9 Å². The van der Waals surface area contributed by atoms with Crippen LogP contribution in [-0.2, 0) is 32.6 Å². The molecule has 2 amide bonds. The molecule has 13 heteroatoms. The molecule has 0 aliphatic heterocycles. The van der Waals surface area contributed by atoms with Crippen LogP contribution in [0.15, 0.2) is 100 Å². The van der Waals surface area contributed by atoms with Crippen LogP contribution in [0.3, 0.4) is 0 Å². The Bertz CT molecular complexity index is 1870. The summed E-state index contributed by atoms with van der Waals surface area (Å²) < 4.78 is 53.0. The molecule has 1 N–H and O–H groups in total. The molecule has 4 rings (SSSR count). The maximum atomic E-state index is 14.8. The van der Waals surface area contributed by atoms with E-state index in [4.69, 9.17) is 18.9 Å². The highest BCUT2D eigenvalue weighted by Crippen LogP contribution is 2.38. The lowest BCUT2D eigenvalue weighted by atomic mass is 10.0. The lowest BCUT2D eigenvalue weighted by Gasteiger charge is -2.34. The number of halogens is 1. The average molecular weight is 783 g/mol. The first kappa shape index (κ1) is 39.0. The van der Waals surface area contributed by atoms with Crippen LogP contribution in [0.4, 0.5) is 5.69 Å². The minimum absolute atomic E-state index is 0.0320. The van der Waals surface area contributed by atoms with Gasteiger partial charge in [0.05, 0.1) is 39.0 Å². The summed E-state index contributed by atoms with van der Waals surface area (Å²) in [5, 5.41) is 3.00. The summed E-state index contributed by atoms with van der Waals surface area (Å²) >= 11 is 3.46. The van der Waals surface area contributed by atoms with Crippen molar-refractivity contribution >= 4 is 43.5 Å². The van der Waals surface area contributed by atoms with Gasteiger partial charge in [0.2, 0.25) is 11.8 Å². The van der Waals surface area contributed by atoms with E-state index in [1.165, 1.54) is 57.6 Å². The number of nitrogens with zero attached hydrogens (tertiary/aromatic N) is 2. The number of sulfonamides is 1. The van der Waals surface area contributed by atoms with E-state index in [0.29, 0.717) is 18.0 Å². The summed E-state index contributed by atoms with van der Waals surface area (Å²) in [7, 11) is 1.22. The summed E-state index contributed by atoms with van der Waals surface area (Å²) in [5.41, 5.74) is 1.65. The zero-order valence-corrected chi connectivity index (χ0v) is 31.8. The number of methoxy groups -OCH3 is 4. The van der Waals surface area contributed by atoms with E-state index in [-0.39, 0.29) is 41.0 Å². The number of ether oxygens (including phenoxy) is 4. The second kappa shape index (κ2) is 18.5. The van der Waals surface area contributed by atoms with Crippen molar-refractivity contribution in [3.63, 3.8) is 0 Å². The molecular weight excluding hydrogens is 738 g/mol. The van der Waals surface area contributed by atoms with Crippen LogP contribution in [0.2, 0.25) is 0 Å². The molecule has 51 heavy (non-hydrogen) atoms. The number of amides is 2. The Morgan fingerprint density at radius 1 is 0.784 bits per heavy atom. The van der Waals surface area contributed by atoms with Gasteiger partial charge in [0.1, 0.15) is 24.1 Å². The minimum atomic E-state index is -4.49. The third-order valence-corrected chi connectivity index (χ3v) is 10.5. The van der Waals surface area contributed by atoms with E-state index in [0.717, 1.165) is 32.7 Å². The van der Waals surface area contributed by atoms with E-state index < -0.39 is 28.5 Å². The van der Waals surface area contributed by atoms with Crippen molar-refractivity contribution in [1.82, 2.24) is 10.2 Å². The van der Waals surface area contributed by atoms with Gasteiger partial charge in [-0.2, -0.15) is 0 Å². The molecule has 0 bridgehead atoms. The number of hydrogen-bond donors (Lipinski definition) is 1. The molecule has 272 valence electrons. The standard InChI is InChI=1S/C38H44BrN3O8S/c1-6-7-21-40-38(44)33(22-27-11-9-8-10-12-27)41(25-28-13-15-29(39)16-14-28)37(43)26-42(32-23-30(47-2)17-19-34(32)48-3)51(45,46)31-18-20-35(49-4)36(24-31)50-5/h8-20,23-24,33H,6-7,21-22,25-26H2,1-5H3,(H,40,44)/t33-/m0/s1. The van der Waals surface area contributed by atoms with Crippen LogP contribution in [0.25, 0.3) is 0 Å². The molecule has 0 aliphatic rings. The highest BCUT2D eigenvalue weighted by Gasteiger charge is 2.36. The van der Waals surface area contributed by atoms with Crippen LogP contribution in [-0.4, -0.2) is 72.7 Å². The maximum absolute atomic E-state index is 14.8. The molecule has 4 aromatic rings. The average Bonchev–Trinajstić information content (AvgIpc) is 3.15. The molecule has 0 spiro atoms. The zero-order chi connectivity index (χ0) is 37.0. The monoisotopic (exact) mass is 781 g/mol. The van der Waals surface area contributed by atoms with Crippen molar-refractivity contribution in [2.45, 2.75) is 43.7 Å². The van der Waals surface area contributed by atoms with Gasteiger partial charge in [0.15, 0.2) is 11.5 Å². The van der Waals surface area contributed by atoms with Crippen molar-refractivity contribution in [2.75, 3.05) is 45.8 Å². The SMILES string of the molecule is CCCCNC(=O)[C@H](Cc1ccccc1)N(Cc1ccc(Br)cc1)C(=O)CN(c1cc(OC)ccc1OC)S(=O)(=O)c1ccc(OC)c(OC)c1. The van der Waals surface area contributed by atoms with Gasteiger partial charge in [0.25, 0.3) is 10.0 Å². The summed E-state index contributed by atoms with van der Waals surface area (Å²) in [6.45, 7) is 1.81. The van der Waals surface area contributed by atoms with Crippen LogP contribution >= 0.6 is 15.9 Å². The Kier molecular flexibility index (Phi) is 14.1. The zero-order valence-electron chi connectivity index (χ0n) is 29.4. The Morgan fingerprint density at radius 3 is 2.08 bits per heavy atom. The summed E-state index contributed by atoms with van der Waals surface area (Å²) in [4.78, 5) is 30.1. The van der Waals surface area contributed by atoms with Gasteiger partial charge in [-0.25, -0.2) is 8.42 Å². The minimum Gasteiger partial charge on any atom is -0.497 e. The van der Waals surface area contributed by atoms with E-state index in [9.17, 15) is 18.0 Å². The first-order valence-corrected chi connectivity index (χ1v) is 18.6. The van der Waals surface area contributed by atoms with Gasteiger partial charge in [-0.3, -0.25) is 13.9 Å². The van der Waals surface area contributed by atoms with Crippen molar-refractivity contribution in [1.29, 1.82) is 0 Å². The maximum Gasteiger partial charge on any atom is 0.265 e. The highest BCUT2D eigenvalue weighted by atomic mass is 79.9. The normalized spacial score (nSPS) is 11.6. The number of carbonyl (C=O) groups excluding carboxylic acids is 2. The summed E-state index contributed by atoms with van der Waals surface area (Å²) in [6.07, 6.45) is 1.83. The van der Waals surface area contributed by atoms with Gasteiger partial charge in [-0.15, -0.1) is 0 Å². The number of carbonyl (C=O) groups is 2. The second-order valence-electron chi connectivity index (χ2n) is 11.6. The molecule has 0 radical (unpaired) electrons. The van der Waals surface area contributed by atoms with Crippen LogP contribution in [0.1, 0.15) is 30.9 Å². The number of unbranched alkanes of at least 4 members (excludes halogenated alkanes) is 1. The summed E-state index contributed by atoms with van der Waals surface area (Å²) in [5.74, 6) is 0.0898. The summed E-state index contributed by atoms with van der Waals surface area (Å²) in [6, 6.07) is 24.7. The van der Waals surface area contributed by atoms with Gasteiger partial charge >= 0.3 is 0 Å². The molecule has 0 heterocycles. The number of hydrogen-bond acceptors (Lipinski definition) is 8.